The van der Waals surface area contributed by atoms with Crippen LogP contribution in [0.4, 0.5) is 17.2 Å². The van der Waals surface area contributed by atoms with Crippen LogP contribution in [0, 0.1) is 0 Å². The third-order valence-corrected chi connectivity index (χ3v) is 7.60. The SMILES string of the molecule is CN1Cc2cc(N3CCOCC3)c(NC(=O)c3cnn4ccc(N5C[C@H]6C[C@@H]5CO6)nc34)cc2C1=O. The summed E-state index contributed by atoms with van der Waals surface area (Å²) in [5.41, 5.74) is 3.97. The van der Waals surface area contributed by atoms with Gasteiger partial charge in [0.25, 0.3) is 11.8 Å². The number of carbonyl (C=O) groups is 2. The molecule has 11 heteroatoms. The van der Waals surface area contributed by atoms with Crippen molar-refractivity contribution in [1.82, 2.24) is 19.5 Å². The predicted octanol–water partition coefficient (Wildman–Crippen LogP) is 1.38. The Hall–Kier alpha value is -3.70. The second-order valence-electron chi connectivity index (χ2n) is 9.85. The van der Waals surface area contributed by atoms with E-state index >= 15 is 0 Å². The molecule has 2 atom stereocenters. The standard InChI is InChI=1S/C25H27N7O4/c1-29-12-15-8-21(30-4-6-35-7-5-30)20(10-18(15)25(29)34)27-24(33)19-11-26-32-3-2-22(28-23(19)32)31-13-17-9-16(31)14-36-17/h2-3,8,10-11,16-17H,4-7,9,12-14H2,1H3,(H,27,33)/t16-,17-/m1/s1. The zero-order chi connectivity index (χ0) is 24.4. The zero-order valence-electron chi connectivity index (χ0n) is 20.0. The van der Waals surface area contributed by atoms with Gasteiger partial charge >= 0.3 is 0 Å². The molecular weight excluding hydrogens is 462 g/mol. The van der Waals surface area contributed by atoms with Crippen molar-refractivity contribution < 1.29 is 19.1 Å². The number of hydrogen-bond acceptors (Lipinski definition) is 8. The summed E-state index contributed by atoms with van der Waals surface area (Å²) in [4.78, 5) is 37.2. The number of fused-ring (bicyclic) bond motifs is 4. The fraction of sp³-hybridized carbons (Fsp3) is 0.440. The number of hydrogen-bond donors (Lipinski definition) is 1. The van der Waals surface area contributed by atoms with E-state index in [1.54, 1.807) is 28.7 Å². The third kappa shape index (κ3) is 3.41. The van der Waals surface area contributed by atoms with Gasteiger partial charge in [-0.1, -0.05) is 0 Å². The highest BCUT2D eigenvalue weighted by Crippen LogP contribution is 2.35. The van der Waals surface area contributed by atoms with Gasteiger partial charge in [0.2, 0.25) is 0 Å². The quantitative estimate of drug-likeness (QED) is 0.586. The topological polar surface area (TPSA) is 105 Å². The molecule has 0 saturated carbocycles. The van der Waals surface area contributed by atoms with Crippen molar-refractivity contribution in [3.05, 3.63) is 47.3 Å². The molecule has 6 heterocycles. The van der Waals surface area contributed by atoms with E-state index in [2.05, 4.69) is 20.2 Å². The maximum absolute atomic E-state index is 13.6. The van der Waals surface area contributed by atoms with E-state index in [9.17, 15) is 9.59 Å². The van der Waals surface area contributed by atoms with Crippen LogP contribution in [0.15, 0.2) is 30.6 Å². The molecule has 36 heavy (non-hydrogen) atoms. The van der Waals surface area contributed by atoms with Crippen LogP contribution in [0.25, 0.3) is 5.65 Å². The van der Waals surface area contributed by atoms with Gasteiger partial charge in [0.1, 0.15) is 11.4 Å². The van der Waals surface area contributed by atoms with Crippen LogP contribution < -0.4 is 15.1 Å². The lowest BCUT2D eigenvalue weighted by Gasteiger charge is -2.31. The van der Waals surface area contributed by atoms with E-state index in [0.29, 0.717) is 54.9 Å². The maximum atomic E-state index is 13.6. The summed E-state index contributed by atoms with van der Waals surface area (Å²) in [5, 5.41) is 7.42. The average molecular weight is 490 g/mol. The normalized spacial score (nSPS) is 23.1. The molecule has 1 aromatic carbocycles. The van der Waals surface area contributed by atoms with Crippen LogP contribution >= 0.6 is 0 Å². The number of nitrogens with zero attached hydrogens (tertiary/aromatic N) is 6. The molecule has 1 N–H and O–H groups in total. The van der Waals surface area contributed by atoms with Gasteiger partial charge in [0, 0.05) is 45.0 Å². The number of amides is 2. The second kappa shape index (κ2) is 8.17. The van der Waals surface area contributed by atoms with Gasteiger partial charge in [-0.3, -0.25) is 9.59 Å². The van der Waals surface area contributed by atoms with Crippen LogP contribution in [-0.4, -0.2) is 90.0 Å². The summed E-state index contributed by atoms with van der Waals surface area (Å²) in [7, 11) is 1.79. The highest BCUT2D eigenvalue weighted by atomic mass is 16.5. The molecule has 3 saturated heterocycles. The molecule has 3 fully saturated rings. The Bertz CT molecular complexity index is 1380. The lowest BCUT2D eigenvalue weighted by Crippen LogP contribution is -2.37. The van der Waals surface area contributed by atoms with Gasteiger partial charge < -0.3 is 29.5 Å². The van der Waals surface area contributed by atoms with Gasteiger partial charge in [-0.15, -0.1) is 0 Å². The second-order valence-corrected chi connectivity index (χ2v) is 9.85. The molecule has 186 valence electrons. The molecule has 4 aliphatic rings. The van der Waals surface area contributed by atoms with Crippen molar-refractivity contribution in [2.24, 2.45) is 0 Å². The number of anilines is 3. The van der Waals surface area contributed by atoms with Gasteiger partial charge in [-0.2, -0.15) is 5.10 Å². The van der Waals surface area contributed by atoms with Crippen molar-refractivity contribution in [2.45, 2.75) is 25.1 Å². The monoisotopic (exact) mass is 489 g/mol. The molecule has 0 spiro atoms. The summed E-state index contributed by atoms with van der Waals surface area (Å²) in [6.07, 6.45) is 4.64. The number of aromatic nitrogens is 3. The van der Waals surface area contributed by atoms with Crippen molar-refractivity contribution in [3.63, 3.8) is 0 Å². The minimum Gasteiger partial charge on any atom is -0.378 e. The molecule has 2 bridgehead atoms. The first-order valence-corrected chi connectivity index (χ1v) is 12.3. The summed E-state index contributed by atoms with van der Waals surface area (Å²) in [6, 6.07) is 6.08. The number of ether oxygens (including phenoxy) is 2. The van der Waals surface area contributed by atoms with E-state index in [1.807, 2.05) is 18.3 Å². The lowest BCUT2D eigenvalue weighted by molar-refractivity contribution is 0.0816. The van der Waals surface area contributed by atoms with Gasteiger partial charge in [-0.25, -0.2) is 9.50 Å². The maximum Gasteiger partial charge on any atom is 0.261 e. The molecule has 7 rings (SSSR count). The Balaban J connectivity index is 1.23. The predicted molar refractivity (Wildman–Crippen MR) is 132 cm³/mol. The first-order valence-electron chi connectivity index (χ1n) is 12.3. The van der Waals surface area contributed by atoms with Crippen LogP contribution in [0.2, 0.25) is 0 Å². The molecule has 11 nitrogen and oxygen atoms in total. The van der Waals surface area contributed by atoms with Crippen LogP contribution in [0.1, 0.15) is 32.7 Å². The van der Waals surface area contributed by atoms with Gasteiger partial charge in [0.15, 0.2) is 5.65 Å². The zero-order valence-corrected chi connectivity index (χ0v) is 20.0. The van der Waals surface area contributed by atoms with E-state index in [4.69, 9.17) is 14.5 Å². The average Bonchev–Trinajstić information content (AvgIpc) is 3.68. The van der Waals surface area contributed by atoms with Crippen LogP contribution in [-0.2, 0) is 16.0 Å². The molecule has 4 aliphatic heterocycles. The van der Waals surface area contributed by atoms with Gasteiger partial charge in [-0.05, 0) is 30.2 Å². The van der Waals surface area contributed by atoms with Crippen molar-refractivity contribution >= 4 is 34.7 Å². The minimum atomic E-state index is -0.311. The first kappa shape index (κ1) is 21.6. The summed E-state index contributed by atoms with van der Waals surface area (Å²) < 4.78 is 12.9. The molecule has 0 aliphatic carbocycles. The van der Waals surface area contributed by atoms with Gasteiger partial charge in [0.05, 0.1) is 49.5 Å². The fourth-order valence-corrected chi connectivity index (χ4v) is 5.71. The molecule has 2 aromatic heterocycles. The highest BCUT2D eigenvalue weighted by molar-refractivity contribution is 6.10. The molecular formula is C25H27N7O4. The van der Waals surface area contributed by atoms with E-state index in [0.717, 1.165) is 43.1 Å². The number of rotatable bonds is 4. The van der Waals surface area contributed by atoms with E-state index < -0.39 is 0 Å². The summed E-state index contributed by atoms with van der Waals surface area (Å²) in [5.74, 6) is 0.474. The Kier molecular flexibility index (Phi) is 4.90. The summed E-state index contributed by atoms with van der Waals surface area (Å²) >= 11 is 0. The Labute approximate surface area is 207 Å². The third-order valence-electron chi connectivity index (χ3n) is 7.60. The van der Waals surface area contributed by atoms with E-state index in [-0.39, 0.29) is 17.9 Å². The van der Waals surface area contributed by atoms with Crippen LogP contribution in [0.3, 0.4) is 0 Å². The Morgan fingerprint density at radius 2 is 2.08 bits per heavy atom. The number of nitrogens with one attached hydrogen (secondary N) is 1. The number of carbonyl (C=O) groups excluding carboxylic acids is 2. The smallest absolute Gasteiger partial charge is 0.261 e. The molecule has 0 radical (unpaired) electrons. The Morgan fingerprint density at radius 1 is 1.22 bits per heavy atom. The van der Waals surface area contributed by atoms with Crippen LogP contribution in [0.5, 0.6) is 0 Å². The highest BCUT2D eigenvalue weighted by Gasteiger charge is 2.39. The summed E-state index contributed by atoms with van der Waals surface area (Å²) in [6.45, 7) is 4.75. The van der Waals surface area contributed by atoms with Crippen molar-refractivity contribution in [3.8, 4) is 0 Å². The number of benzene rings is 1. The van der Waals surface area contributed by atoms with Crippen molar-refractivity contribution in [2.75, 3.05) is 61.6 Å². The minimum absolute atomic E-state index is 0.0415. The Morgan fingerprint density at radius 3 is 2.86 bits per heavy atom. The molecule has 0 unspecified atom stereocenters. The first-order chi connectivity index (χ1) is 17.5. The largest absolute Gasteiger partial charge is 0.378 e. The molecule has 3 aromatic rings. The molecule has 2 amide bonds. The van der Waals surface area contributed by atoms with E-state index in [1.165, 1.54) is 0 Å². The van der Waals surface area contributed by atoms with Crippen molar-refractivity contribution in [1.29, 1.82) is 0 Å². The lowest BCUT2D eigenvalue weighted by atomic mass is 10.1. The fourth-order valence-electron chi connectivity index (χ4n) is 5.71. The number of morpholine rings is 2.